The first-order valence-electron chi connectivity index (χ1n) is 6.47. The molecule has 1 heterocycles. The molecule has 0 spiro atoms. The molecule has 0 aromatic heterocycles. The highest BCUT2D eigenvalue weighted by atomic mass is 32.2. The average Bonchev–Trinajstić information content (AvgIpc) is 2.81. The lowest BCUT2D eigenvalue weighted by atomic mass is 10.0. The zero-order valence-corrected chi connectivity index (χ0v) is 12.3. The van der Waals surface area contributed by atoms with Gasteiger partial charge >= 0.3 is 12.0 Å². The number of amides is 2. The molecule has 2 atom stereocenters. The lowest BCUT2D eigenvalue weighted by Gasteiger charge is -2.23. The quantitative estimate of drug-likeness (QED) is 0.841. The minimum absolute atomic E-state index is 0.0178. The molecule has 1 aromatic carbocycles. The van der Waals surface area contributed by atoms with Crippen LogP contribution in [0.1, 0.15) is 13.3 Å². The zero-order valence-electron chi connectivity index (χ0n) is 11.5. The lowest BCUT2D eigenvalue weighted by molar-refractivity contribution is -0.142. The number of anilines is 1. The van der Waals surface area contributed by atoms with E-state index in [-0.39, 0.29) is 11.9 Å². The van der Waals surface area contributed by atoms with E-state index in [2.05, 4.69) is 5.32 Å². The first kappa shape index (κ1) is 14.7. The van der Waals surface area contributed by atoms with Crippen molar-refractivity contribution in [3.8, 4) is 0 Å². The first-order chi connectivity index (χ1) is 9.52. The Hall–Kier alpha value is -1.69. The number of likely N-dealkylation sites (tertiary alicyclic amines) is 1. The molecule has 2 N–H and O–H groups in total. The Balaban J connectivity index is 2.09. The Bertz CT molecular complexity index is 521. The molecule has 2 amide bonds. The maximum absolute atomic E-state index is 12.2. The van der Waals surface area contributed by atoms with Crippen molar-refractivity contribution in [2.24, 2.45) is 5.92 Å². The molecule has 108 valence electrons. The van der Waals surface area contributed by atoms with Crippen molar-refractivity contribution in [1.29, 1.82) is 0 Å². The van der Waals surface area contributed by atoms with Gasteiger partial charge in [-0.25, -0.2) is 9.59 Å². The third kappa shape index (κ3) is 3.07. The second-order valence-corrected chi connectivity index (χ2v) is 5.78. The van der Waals surface area contributed by atoms with Gasteiger partial charge < -0.3 is 15.3 Å². The third-order valence-electron chi connectivity index (χ3n) is 3.54. The zero-order chi connectivity index (χ0) is 14.7. The molecule has 0 bridgehead atoms. The van der Waals surface area contributed by atoms with Crippen LogP contribution < -0.4 is 5.32 Å². The van der Waals surface area contributed by atoms with Gasteiger partial charge in [0.05, 0.1) is 0 Å². The lowest BCUT2D eigenvalue weighted by Crippen LogP contribution is -2.44. The SMILES string of the molecule is CSc1cccc(NC(=O)N2CCC(C)C2C(=O)O)c1. The Morgan fingerprint density at radius 3 is 2.85 bits per heavy atom. The molecule has 1 aromatic rings. The highest BCUT2D eigenvalue weighted by Gasteiger charge is 2.39. The second kappa shape index (κ2) is 6.17. The summed E-state index contributed by atoms with van der Waals surface area (Å²) >= 11 is 1.59. The molecule has 0 saturated carbocycles. The highest BCUT2D eigenvalue weighted by Crippen LogP contribution is 2.25. The fourth-order valence-electron chi connectivity index (χ4n) is 2.45. The number of carbonyl (C=O) groups excluding carboxylic acids is 1. The number of hydrogen-bond acceptors (Lipinski definition) is 3. The number of rotatable bonds is 3. The molecule has 2 rings (SSSR count). The number of nitrogens with zero attached hydrogens (tertiary/aromatic N) is 1. The summed E-state index contributed by atoms with van der Waals surface area (Å²) in [6.45, 7) is 2.34. The van der Waals surface area contributed by atoms with Crippen molar-refractivity contribution in [1.82, 2.24) is 4.90 Å². The van der Waals surface area contributed by atoms with Crippen LogP contribution in [0.2, 0.25) is 0 Å². The van der Waals surface area contributed by atoms with Gasteiger partial charge in [-0.1, -0.05) is 13.0 Å². The molecule has 2 unspecified atom stereocenters. The second-order valence-electron chi connectivity index (χ2n) is 4.90. The van der Waals surface area contributed by atoms with Crippen molar-refractivity contribution in [3.05, 3.63) is 24.3 Å². The van der Waals surface area contributed by atoms with Gasteiger partial charge in [-0.15, -0.1) is 11.8 Å². The van der Waals surface area contributed by atoms with Gasteiger partial charge in [-0.3, -0.25) is 0 Å². The number of benzene rings is 1. The Morgan fingerprint density at radius 2 is 2.20 bits per heavy atom. The van der Waals surface area contributed by atoms with Crippen LogP contribution in [0.15, 0.2) is 29.2 Å². The van der Waals surface area contributed by atoms with E-state index in [1.807, 2.05) is 31.4 Å². The van der Waals surface area contributed by atoms with Crippen molar-refractivity contribution < 1.29 is 14.7 Å². The summed E-state index contributed by atoms with van der Waals surface area (Å²) in [5, 5.41) is 12.0. The van der Waals surface area contributed by atoms with Gasteiger partial charge in [0.1, 0.15) is 6.04 Å². The number of thioether (sulfide) groups is 1. The number of hydrogen-bond donors (Lipinski definition) is 2. The smallest absolute Gasteiger partial charge is 0.326 e. The van der Waals surface area contributed by atoms with E-state index >= 15 is 0 Å². The van der Waals surface area contributed by atoms with Crippen molar-refractivity contribution >= 4 is 29.4 Å². The molecule has 1 saturated heterocycles. The van der Waals surface area contributed by atoms with Crippen LogP contribution in [0, 0.1) is 5.92 Å². The first-order valence-corrected chi connectivity index (χ1v) is 7.70. The van der Waals surface area contributed by atoms with E-state index in [0.717, 1.165) is 11.3 Å². The van der Waals surface area contributed by atoms with E-state index in [1.165, 1.54) is 4.90 Å². The van der Waals surface area contributed by atoms with Crippen molar-refractivity contribution in [2.45, 2.75) is 24.3 Å². The Labute approximate surface area is 122 Å². The van der Waals surface area contributed by atoms with Gasteiger partial charge in [-0.05, 0) is 36.8 Å². The van der Waals surface area contributed by atoms with Crippen LogP contribution in [0.5, 0.6) is 0 Å². The van der Waals surface area contributed by atoms with Crippen LogP contribution in [0.25, 0.3) is 0 Å². The molecular formula is C14H18N2O3S. The topological polar surface area (TPSA) is 69.6 Å². The van der Waals surface area contributed by atoms with E-state index < -0.39 is 12.0 Å². The summed E-state index contributed by atoms with van der Waals surface area (Å²) < 4.78 is 0. The van der Waals surface area contributed by atoms with Crippen LogP contribution in [0.4, 0.5) is 10.5 Å². The molecule has 0 aliphatic carbocycles. The molecule has 1 fully saturated rings. The third-order valence-corrected chi connectivity index (χ3v) is 4.26. The van der Waals surface area contributed by atoms with E-state index in [9.17, 15) is 14.7 Å². The van der Waals surface area contributed by atoms with Gasteiger partial charge in [0.2, 0.25) is 0 Å². The molecular weight excluding hydrogens is 276 g/mol. The fraction of sp³-hybridized carbons (Fsp3) is 0.429. The Kier molecular flexibility index (Phi) is 4.54. The molecule has 0 radical (unpaired) electrons. The number of carboxylic acid groups (broad SMARTS) is 1. The normalized spacial score (nSPS) is 21.8. The number of urea groups is 1. The average molecular weight is 294 g/mol. The van der Waals surface area contributed by atoms with Crippen molar-refractivity contribution in [3.63, 3.8) is 0 Å². The Morgan fingerprint density at radius 1 is 1.45 bits per heavy atom. The summed E-state index contributed by atoms with van der Waals surface area (Å²) in [5.74, 6) is -0.959. The van der Waals surface area contributed by atoms with Gasteiger partial charge in [0.15, 0.2) is 0 Å². The van der Waals surface area contributed by atoms with Crippen LogP contribution >= 0.6 is 11.8 Å². The molecule has 1 aliphatic rings. The van der Waals surface area contributed by atoms with E-state index in [1.54, 1.807) is 17.8 Å². The minimum atomic E-state index is -0.942. The van der Waals surface area contributed by atoms with E-state index in [4.69, 9.17) is 0 Å². The highest BCUT2D eigenvalue weighted by molar-refractivity contribution is 7.98. The van der Waals surface area contributed by atoms with Crippen LogP contribution in [-0.4, -0.2) is 40.8 Å². The molecule has 6 heteroatoms. The van der Waals surface area contributed by atoms with Gasteiger partial charge in [0, 0.05) is 17.1 Å². The van der Waals surface area contributed by atoms with Crippen LogP contribution in [-0.2, 0) is 4.79 Å². The maximum Gasteiger partial charge on any atom is 0.326 e. The summed E-state index contributed by atoms with van der Waals surface area (Å²) in [4.78, 5) is 25.9. The standard InChI is InChI=1S/C14H18N2O3S/c1-9-6-7-16(12(9)13(17)18)14(19)15-10-4-3-5-11(8-10)20-2/h3-5,8-9,12H,6-7H2,1-2H3,(H,15,19)(H,17,18). The number of carboxylic acids is 1. The summed E-state index contributed by atoms with van der Waals surface area (Å²) in [7, 11) is 0. The number of aliphatic carboxylic acids is 1. The number of carbonyl (C=O) groups is 2. The maximum atomic E-state index is 12.2. The molecule has 5 nitrogen and oxygen atoms in total. The van der Waals surface area contributed by atoms with Gasteiger partial charge in [-0.2, -0.15) is 0 Å². The monoisotopic (exact) mass is 294 g/mol. The minimum Gasteiger partial charge on any atom is -0.480 e. The van der Waals surface area contributed by atoms with Crippen LogP contribution in [0.3, 0.4) is 0 Å². The van der Waals surface area contributed by atoms with E-state index in [0.29, 0.717) is 12.2 Å². The van der Waals surface area contributed by atoms with Gasteiger partial charge in [0.25, 0.3) is 0 Å². The predicted molar refractivity (Wildman–Crippen MR) is 79.2 cm³/mol. The number of nitrogens with one attached hydrogen (secondary N) is 1. The molecule has 1 aliphatic heterocycles. The van der Waals surface area contributed by atoms with Crippen molar-refractivity contribution in [2.75, 3.05) is 18.1 Å². The largest absolute Gasteiger partial charge is 0.480 e. The fourth-order valence-corrected chi connectivity index (χ4v) is 2.91. The summed E-state index contributed by atoms with van der Waals surface area (Å²) in [6.07, 6.45) is 2.68. The summed E-state index contributed by atoms with van der Waals surface area (Å²) in [5.41, 5.74) is 0.686. The predicted octanol–water partition coefficient (Wildman–Crippen LogP) is 2.74. The molecule has 20 heavy (non-hydrogen) atoms. The summed E-state index contributed by atoms with van der Waals surface area (Å²) in [6, 6.07) is 6.41.